The van der Waals surface area contributed by atoms with E-state index < -0.39 is 15.8 Å². The Labute approximate surface area is 99.8 Å². The Kier molecular flexibility index (Phi) is 2.79. The van der Waals surface area contributed by atoms with Crippen LogP contribution in [-0.2, 0) is 20.3 Å². The van der Waals surface area contributed by atoms with Gasteiger partial charge in [-0.2, -0.15) is 0 Å². The lowest BCUT2D eigenvalue weighted by atomic mass is 10.0. The van der Waals surface area contributed by atoms with Crippen LogP contribution in [-0.4, -0.2) is 21.5 Å². The number of fused-ring (bicyclic) bond motifs is 1. The van der Waals surface area contributed by atoms with Crippen molar-refractivity contribution in [2.45, 2.75) is 12.7 Å². The van der Waals surface area contributed by atoms with Gasteiger partial charge in [-0.05, 0) is 36.3 Å². The lowest BCUT2D eigenvalue weighted by Crippen LogP contribution is -2.12. The summed E-state index contributed by atoms with van der Waals surface area (Å²) in [6.07, 6.45) is 1.62. The zero-order valence-electron chi connectivity index (χ0n) is 9.56. The Balaban J connectivity index is 2.53. The molecule has 1 aromatic rings. The van der Waals surface area contributed by atoms with Crippen molar-refractivity contribution in [3.63, 3.8) is 0 Å². The monoisotopic (exact) mass is 252 g/mol. The molecule has 0 saturated heterocycles. The predicted molar refractivity (Wildman–Crippen MR) is 64.1 cm³/mol. The van der Waals surface area contributed by atoms with Crippen LogP contribution < -0.4 is 0 Å². The smallest absolute Gasteiger partial charge is 0.337 e. The van der Waals surface area contributed by atoms with Gasteiger partial charge in [0.1, 0.15) is 0 Å². The van der Waals surface area contributed by atoms with Gasteiger partial charge in [0.25, 0.3) is 0 Å². The highest BCUT2D eigenvalue weighted by molar-refractivity contribution is 7.94. The zero-order valence-corrected chi connectivity index (χ0v) is 10.4. The van der Waals surface area contributed by atoms with E-state index in [1.165, 1.54) is 7.11 Å². The molecule has 1 aromatic carbocycles. The highest BCUT2D eigenvalue weighted by Gasteiger charge is 2.22. The first kappa shape index (κ1) is 11.9. The van der Waals surface area contributed by atoms with Crippen molar-refractivity contribution >= 4 is 21.9 Å². The number of carbonyl (C=O) groups excluding carboxylic acids is 1. The van der Waals surface area contributed by atoms with Gasteiger partial charge in [0, 0.05) is 4.91 Å². The van der Waals surface area contributed by atoms with Crippen LogP contribution in [0.25, 0.3) is 6.08 Å². The van der Waals surface area contributed by atoms with Gasteiger partial charge in [0.2, 0.25) is 0 Å². The summed E-state index contributed by atoms with van der Waals surface area (Å²) in [6.45, 7) is 1.58. The number of rotatable bonds is 1. The minimum atomic E-state index is -3.22. The number of carbonyl (C=O) groups is 1. The zero-order chi connectivity index (χ0) is 12.6. The Morgan fingerprint density at radius 2 is 2.06 bits per heavy atom. The maximum Gasteiger partial charge on any atom is 0.337 e. The second-order valence-corrected chi connectivity index (χ2v) is 6.08. The maximum atomic E-state index is 11.7. The van der Waals surface area contributed by atoms with Crippen molar-refractivity contribution in [1.82, 2.24) is 0 Å². The molecule has 0 bridgehead atoms. The molecule has 0 fully saturated rings. The molecule has 5 heteroatoms. The number of hydrogen-bond donors (Lipinski definition) is 0. The van der Waals surface area contributed by atoms with Crippen LogP contribution in [0.15, 0.2) is 23.1 Å². The number of sulfone groups is 1. The highest BCUT2D eigenvalue weighted by Crippen LogP contribution is 2.27. The summed E-state index contributed by atoms with van der Waals surface area (Å²) in [7, 11) is -1.92. The lowest BCUT2D eigenvalue weighted by Gasteiger charge is -2.15. The standard InChI is InChI=1S/C12H12O4S/c1-8-5-9-3-4-10(12(13)16-2)6-11(9)7-17(8,14)15/h3-6H,7H2,1-2H3. The van der Waals surface area contributed by atoms with Crippen molar-refractivity contribution in [2.75, 3.05) is 7.11 Å². The Hall–Kier alpha value is -1.62. The summed E-state index contributed by atoms with van der Waals surface area (Å²) < 4.78 is 28.0. The van der Waals surface area contributed by atoms with Gasteiger partial charge in [-0.15, -0.1) is 0 Å². The van der Waals surface area contributed by atoms with Gasteiger partial charge < -0.3 is 4.74 Å². The molecular formula is C12H12O4S. The van der Waals surface area contributed by atoms with E-state index in [9.17, 15) is 13.2 Å². The molecule has 0 spiro atoms. The molecule has 1 aliphatic rings. The number of methoxy groups -OCH3 is 1. The molecule has 2 rings (SSSR count). The van der Waals surface area contributed by atoms with Crippen molar-refractivity contribution in [3.8, 4) is 0 Å². The van der Waals surface area contributed by atoms with E-state index in [0.29, 0.717) is 16.0 Å². The fraction of sp³-hybridized carbons (Fsp3) is 0.250. The van der Waals surface area contributed by atoms with Crippen LogP contribution in [0.5, 0.6) is 0 Å². The SMILES string of the molecule is COC(=O)c1ccc2c(c1)CS(=O)(=O)C(C)=C2. The van der Waals surface area contributed by atoms with Gasteiger partial charge in [0.05, 0.1) is 18.4 Å². The van der Waals surface area contributed by atoms with Crippen LogP contribution in [0.2, 0.25) is 0 Å². The van der Waals surface area contributed by atoms with Crippen molar-refractivity contribution in [1.29, 1.82) is 0 Å². The van der Waals surface area contributed by atoms with Crippen LogP contribution in [0.4, 0.5) is 0 Å². The third kappa shape index (κ3) is 2.10. The van der Waals surface area contributed by atoms with E-state index >= 15 is 0 Å². The van der Waals surface area contributed by atoms with Gasteiger partial charge in [0.15, 0.2) is 9.84 Å². The summed E-state index contributed by atoms with van der Waals surface area (Å²) in [6, 6.07) is 4.94. The average Bonchev–Trinajstić information content (AvgIpc) is 2.28. The minimum Gasteiger partial charge on any atom is -0.465 e. The quantitative estimate of drug-likeness (QED) is 0.714. The van der Waals surface area contributed by atoms with Crippen LogP contribution >= 0.6 is 0 Å². The van der Waals surface area contributed by atoms with Gasteiger partial charge >= 0.3 is 5.97 Å². The van der Waals surface area contributed by atoms with Gasteiger partial charge in [-0.25, -0.2) is 13.2 Å². The summed E-state index contributed by atoms with van der Waals surface area (Å²) in [5.41, 5.74) is 1.85. The Bertz CT molecular complexity index is 611. The molecule has 17 heavy (non-hydrogen) atoms. The van der Waals surface area contributed by atoms with E-state index in [-0.39, 0.29) is 5.75 Å². The summed E-state index contributed by atoms with van der Waals surface area (Å²) in [5.74, 6) is -0.522. The molecule has 0 radical (unpaired) electrons. The number of ether oxygens (including phenoxy) is 1. The van der Waals surface area contributed by atoms with E-state index in [1.54, 1.807) is 31.2 Å². The highest BCUT2D eigenvalue weighted by atomic mass is 32.2. The fourth-order valence-corrected chi connectivity index (χ4v) is 2.94. The first-order chi connectivity index (χ1) is 7.94. The molecule has 0 aliphatic carbocycles. The van der Waals surface area contributed by atoms with Crippen LogP contribution in [0.1, 0.15) is 28.4 Å². The normalized spacial score (nSPS) is 16.9. The molecule has 0 atom stereocenters. The number of esters is 1. The molecule has 1 heterocycles. The fourth-order valence-electron chi connectivity index (χ4n) is 1.74. The topological polar surface area (TPSA) is 60.4 Å². The van der Waals surface area contributed by atoms with E-state index in [0.717, 1.165) is 5.56 Å². The Morgan fingerprint density at radius 3 is 2.71 bits per heavy atom. The van der Waals surface area contributed by atoms with Gasteiger partial charge in [-0.3, -0.25) is 0 Å². The summed E-state index contributed by atoms with van der Waals surface area (Å²) in [4.78, 5) is 11.7. The second kappa shape index (κ2) is 4.00. The van der Waals surface area contributed by atoms with Crippen molar-refractivity contribution < 1.29 is 17.9 Å². The molecule has 0 N–H and O–H groups in total. The Morgan fingerprint density at radius 1 is 1.35 bits per heavy atom. The van der Waals surface area contributed by atoms with Crippen molar-refractivity contribution in [2.24, 2.45) is 0 Å². The molecular weight excluding hydrogens is 240 g/mol. The first-order valence-corrected chi connectivity index (χ1v) is 6.71. The molecule has 0 amide bonds. The second-order valence-electron chi connectivity index (χ2n) is 3.92. The molecule has 0 unspecified atom stereocenters. The third-order valence-electron chi connectivity index (χ3n) is 2.76. The molecule has 1 aliphatic heterocycles. The summed E-state index contributed by atoms with van der Waals surface area (Å²) >= 11 is 0. The molecule has 0 saturated carbocycles. The lowest BCUT2D eigenvalue weighted by molar-refractivity contribution is 0.0600. The average molecular weight is 252 g/mol. The summed E-state index contributed by atoms with van der Waals surface area (Å²) in [5, 5.41) is 0. The van der Waals surface area contributed by atoms with Crippen LogP contribution in [0.3, 0.4) is 0 Å². The number of hydrogen-bond acceptors (Lipinski definition) is 4. The maximum absolute atomic E-state index is 11.7. The predicted octanol–water partition coefficient (Wildman–Crippen LogP) is 1.76. The van der Waals surface area contributed by atoms with Crippen LogP contribution in [0, 0.1) is 0 Å². The number of allylic oxidation sites excluding steroid dienone is 1. The largest absolute Gasteiger partial charge is 0.465 e. The van der Waals surface area contributed by atoms with E-state index in [4.69, 9.17) is 0 Å². The van der Waals surface area contributed by atoms with E-state index in [1.807, 2.05) is 0 Å². The van der Waals surface area contributed by atoms with Gasteiger partial charge in [-0.1, -0.05) is 6.07 Å². The molecule has 90 valence electrons. The van der Waals surface area contributed by atoms with Crippen molar-refractivity contribution in [3.05, 3.63) is 39.8 Å². The van der Waals surface area contributed by atoms with E-state index in [2.05, 4.69) is 4.74 Å². The minimum absolute atomic E-state index is 0.0600. The molecule has 4 nitrogen and oxygen atoms in total. The third-order valence-corrected chi connectivity index (χ3v) is 4.55. The molecule has 0 aromatic heterocycles. The first-order valence-electron chi connectivity index (χ1n) is 5.06. The number of benzene rings is 1.